The van der Waals surface area contributed by atoms with Gasteiger partial charge in [-0.1, -0.05) is 13.0 Å². The third-order valence-corrected chi connectivity index (χ3v) is 3.27. The van der Waals surface area contributed by atoms with E-state index in [1.54, 1.807) is 20.2 Å². The van der Waals surface area contributed by atoms with E-state index in [4.69, 9.17) is 0 Å². The first-order valence-electron chi connectivity index (χ1n) is 6.33. The summed E-state index contributed by atoms with van der Waals surface area (Å²) in [5.41, 5.74) is 0.455. The summed E-state index contributed by atoms with van der Waals surface area (Å²) in [6, 6.07) is 4.41. The first-order chi connectivity index (χ1) is 8.88. The minimum atomic E-state index is -0.241. The van der Waals surface area contributed by atoms with Crippen LogP contribution < -0.4 is 0 Å². The predicted octanol–water partition coefficient (Wildman–Crippen LogP) is 1.57. The Bertz CT molecular complexity index is 426. The summed E-state index contributed by atoms with van der Waals surface area (Å²) in [5, 5.41) is 19.7. The lowest BCUT2D eigenvalue weighted by Crippen LogP contribution is -2.38. The van der Waals surface area contributed by atoms with Gasteiger partial charge in [0.2, 0.25) is 5.91 Å². The molecule has 5 nitrogen and oxygen atoms in total. The van der Waals surface area contributed by atoms with Gasteiger partial charge in [0.1, 0.15) is 11.5 Å². The molecule has 0 spiro atoms. The number of aromatic hydroxyl groups is 2. The summed E-state index contributed by atoms with van der Waals surface area (Å²) >= 11 is 0. The Hall–Kier alpha value is -1.75. The molecular weight excluding hydrogens is 244 g/mol. The van der Waals surface area contributed by atoms with E-state index >= 15 is 0 Å². The Morgan fingerprint density at radius 1 is 1.26 bits per heavy atom. The molecule has 1 aromatic carbocycles. The van der Waals surface area contributed by atoms with E-state index in [0.717, 1.165) is 0 Å². The average Bonchev–Trinajstić information content (AvgIpc) is 2.34. The van der Waals surface area contributed by atoms with Crippen molar-refractivity contribution in [3.8, 4) is 11.5 Å². The van der Waals surface area contributed by atoms with E-state index < -0.39 is 0 Å². The van der Waals surface area contributed by atoms with Gasteiger partial charge in [-0.2, -0.15) is 0 Å². The first kappa shape index (κ1) is 15.3. The summed E-state index contributed by atoms with van der Waals surface area (Å²) in [4.78, 5) is 15.2. The second kappa shape index (κ2) is 6.43. The molecule has 1 aromatic rings. The zero-order valence-corrected chi connectivity index (χ0v) is 11.9. The molecule has 106 valence electrons. The number of amides is 1. The lowest BCUT2D eigenvalue weighted by atomic mass is 10.0. The zero-order valence-electron chi connectivity index (χ0n) is 11.9. The van der Waals surface area contributed by atoms with Crippen LogP contribution in [0, 0.1) is 0 Å². The molecule has 19 heavy (non-hydrogen) atoms. The molecule has 1 rings (SSSR count). The maximum atomic E-state index is 11.8. The summed E-state index contributed by atoms with van der Waals surface area (Å²) in [6.07, 6.45) is 0. The molecular formula is C14H22N2O3. The van der Waals surface area contributed by atoms with Gasteiger partial charge in [-0.25, -0.2) is 0 Å². The van der Waals surface area contributed by atoms with Crippen molar-refractivity contribution in [3.05, 3.63) is 23.8 Å². The number of carbonyl (C=O) groups is 1. The van der Waals surface area contributed by atoms with Crippen LogP contribution in [0.25, 0.3) is 0 Å². The Kier molecular flexibility index (Phi) is 5.18. The molecule has 0 heterocycles. The minimum absolute atomic E-state index is 0.0105. The molecule has 0 aliphatic rings. The Labute approximate surface area is 114 Å². The van der Waals surface area contributed by atoms with E-state index in [1.165, 1.54) is 17.0 Å². The molecule has 0 saturated heterocycles. The zero-order chi connectivity index (χ0) is 14.6. The molecule has 1 unspecified atom stereocenters. The van der Waals surface area contributed by atoms with Crippen molar-refractivity contribution in [2.45, 2.75) is 19.9 Å². The van der Waals surface area contributed by atoms with E-state index in [0.29, 0.717) is 12.1 Å². The molecule has 0 aliphatic carbocycles. The van der Waals surface area contributed by atoms with Crippen LogP contribution in [-0.4, -0.2) is 53.1 Å². The molecule has 0 aliphatic heterocycles. The smallest absolute Gasteiger partial charge is 0.236 e. The van der Waals surface area contributed by atoms with Crippen LogP contribution in [0.2, 0.25) is 0 Å². The third kappa shape index (κ3) is 3.61. The molecule has 0 fully saturated rings. The second-order valence-corrected chi connectivity index (χ2v) is 4.74. The highest BCUT2D eigenvalue weighted by Gasteiger charge is 2.22. The maximum absolute atomic E-state index is 11.8. The van der Waals surface area contributed by atoms with Crippen molar-refractivity contribution < 1.29 is 15.0 Å². The number of hydrogen-bond donors (Lipinski definition) is 2. The van der Waals surface area contributed by atoms with Crippen LogP contribution in [0.5, 0.6) is 11.5 Å². The fourth-order valence-electron chi connectivity index (χ4n) is 1.99. The van der Waals surface area contributed by atoms with Crippen molar-refractivity contribution in [2.75, 3.05) is 27.2 Å². The van der Waals surface area contributed by atoms with Crippen molar-refractivity contribution in [1.82, 2.24) is 9.80 Å². The highest BCUT2D eigenvalue weighted by molar-refractivity contribution is 5.77. The van der Waals surface area contributed by atoms with Crippen molar-refractivity contribution in [2.24, 2.45) is 0 Å². The predicted molar refractivity (Wildman–Crippen MR) is 74.1 cm³/mol. The topological polar surface area (TPSA) is 64.0 Å². The standard InChI is InChI=1S/C14H22N2O3/c1-5-16(9-13(19)15(3)4)10(2)14-11(17)7-6-8-12(14)18/h6-8,10,17-18H,5,9H2,1-4H3. The molecule has 5 heteroatoms. The number of phenols is 2. The fraction of sp³-hybridized carbons (Fsp3) is 0.500. The van der Waals surface area contributed by atoms with Gasteiger partial charge in [0, 0.05) is 20.1 Å². The SMILES string of the molecule is CCN(CC(=O)N(C)C)C(C)c1c(O)cccc1O. The van der Waals surface area contributed by atoms with Gasteiger partial charge >= 0.3 is 0 Å². The molecule has 1 atom stereocenters. The van der Waals surface area contributed by atoms with Crippen LogP contribution in [0.3, 0.4) is 0 Å². The lowest BCUT2D eigenvalue weighted by Gasteiger charge is -2.29. The number of hydrogen-bond acceptors (Lipinski definition) is 4. The normalized spacial score (nSPS) is 12.5. The van der Waals surface area contributed by atoms with Crippen LogP contribution in [-0.2, 0) is 4.79 Å². The minimum Gasteiger partial charge on any atom is -0.507 e. The molecule has 0 bridgehead atoms. The Morgan fingerprint density at radius 2 is 1.79 bits per heavy atom. The van der Waals surface area contributed by atoms with Crippen LogP contribution in [0.15, 0.2) is 18.2 Å². The summed E-state index contributed by atoms with van der Waals surface area (Å²) in [6.45, 7) is 4.70. The highest BCUT2D eigenvalue weighted by atomic mass is 16.3. The van der Waals surface area contributed by atoms with Gasteiger partial charge in [0.25, 0.3) is 0 Å². The van der Waals surface area contributed by atoms with Crippen molar-refractivity contribution >= 4 is 5.91 Å². The van der Waals surface area contributed by atoms with Crippen LogP contribution in [0.1, 0.15) is 25.5 Å². The van der Waals surface area contributed by atoms with E-state index in [-0.39, 0.29) is 30.0 Å². The number of nitrogens with zero attached hydrogens (tertiary/aromatic N) is 2. The molecule has 0 aromatic heterocycles. The van der Waals surface area contributed by atoms with E-state index in [1.807, 2.05) is 18.7 Å². The number of rotatable bonds is 5. The van der Waals surface area contributed by atoms with Crippen LogP contribution >= 0.6 is 0 Å². The quantitative estimate of drug-likeness (QED) is 0.849. The third-order valence-electron chi connectivity index (χ3n) is 3.27. The maximum Gasteiger partial charge on any atom is 0.236 e. The summed E-state index contributed by atoms with van der Waals surface area (Å²) in [7, 11) is 3.41. The van der Waals surface area contributed by atoms with E-state index in [2.05, 4.69) is 0 Å². The van der Waals surface area contributed by atoms with Crippen molar-refractivity contribution in [1.29, 1.82) is 0 Å². The van der Waals surface area contributed by atoms with E-state index in [9.17, 15) is 15.0 Å². The Morgan fingerprint density at radius 3 is 2.21 bits per heavy atom. The number of phenolic OH excluding ortho intramolecular Hbond substituents is 2. The summed E-state index contributed by atoms with van der Waals surface area (Å²) < 4.78 is 0. The molecule has 0 radical (unpaired) electrons. The van der Waals surface area contributed by atoms with Gasteiger partial charge in [0.05, 0.1) is 12.1 Å². The average molecular weight is 266 g/mol. The fourth-order valence-corrected chi connectivity index (χ4v) is 1.99. The van der Waals surface area contributed by atoms with Gasteiger partial charge in [-0.3, -0.25) is 9.69 Å². The largest absolute Gasteiger partial charge is 0.507 e. The van der Waals surface area contributed by atoms with Gasteiger partial charge in [0.15, 0.2) is 0 Å². The van der Waals surface area contributed by atoms with Gasteiger partial charge < -0.3 is 15.1 Å². The monoisotopic (exact) mass is 266 g/mol. The van der Waals surface area contributed by atoms with Crippen LogP contribution in [0.4, 0.5) is 0 Å². The van der Waals surface area contributed by atoms with Gasteiger partial charge in [-0.05, 0) is 25.6 Å². The highest BCUT2D eigenvalue weighted by Crippen LogP contribution is 2.35. The molecule has 1 amide bonds. The summed E-state index contributed by atoms with van der Waals surface area (Å²) in [5.74, 6) is 0.0788. The lowest BCUT2D eigenvalue weighted by molar-refractivity contribution is -0.130. The number of benzene rings is 1. The van der Waals surface area contributed by atoms with Crippen molar-refractivity contribution in [3.63, 3.8) is 0 Å². The second-order valence-electron chi connectivity index (χ2n) is 4.74. The van der Waals surface area contributed by atoms with Gasteiger partial charge in [-0.15, -0.1) is 0 Å². The Balaban J connectivity index is 2.96. The first-order valence-corrected chi connectivity index (χ1v) is 6.33. The molecule has 2 N–H and O–H groups in total. The number of carbonyl (C=O) groups excluding carboxylic acids is 1. The molecule has 0 saturated carbocycles. The number of likely N-dealkylation sites (N-methyl/N-ethyl adjacent to an activating group) is 2.